The highest BCUT2D eigenvalue weighted by Gasteiger charge is 2.40. The fourth-order valence-electron chi connectivity index (χ4n) is 4.55. The molecule has 2 bridgehead atoms. The van der Waals surface area contributed by atoms with E-state index in [-0.39, 0.29) is 23.8 Å². The Morgan fingerprint density at radius 1 is 1.12 bits per heavy atom. The van der Waals surface area contributed by atoms with Crippen molar-refractivity contribution in [3.63, 3.8) is 0 Å². The van der Waals surface area contributed by atoms with Crippen molar-refractivity contribution >= 4 is 11.8 Å². The van der Waals surface area contributed by atoms with Crippen LogP contribution in [0.15, 0.2) is 42.5 Å². The van der Waals surface area contributed by atoms with E-state index < -0.39 is 0 Å². The number of hydrogen-bond donors (Lipinski definition) is 1. The quantitative estimate of drug-likeness (QED) is 0.839. The van der Waals surface area contributed by atoms with E-state index in [9.17, 15) is 9.59 Å². The fourth-order valence-corrected chi connectivity index (χ4v) is 4.55. The summed E-state index contributed by atoms with van der Waals surface area (Å²) in [7, 11) is 0. The maximum Gasteiger partial charge on any atom is 0.224 e. The number of carbonyl (C=O) groups is 2. The maximum absolute atomic E-state index is 12.5. The van der Waals surface area contributed by atoms with Crippen molar-refractivity contribution in [2.24, 2.45) is 17.8 Å². The molecule has 0 spiro atoms. The smallest absolute Gasteiger partial charge is 0.224 e. The molecule has 25 heavy (non-hydrogen) atoms. The Hall–Kier alpha value is -2.10. The minimum absolute atomic E-state index is 0.122. The van der Waals surface area contributed by atoms with Gasteiger partial charge in [-0.05, 0) is 43.1 Å². The van der Waals surface area contributed by atoms with E-state index in [2.05, 4.69) is 29.6 Å². The highest BCUT2D eigenvalue weighted by Crippen LogP contribution is 2.43. The summed E-state index contributed by atoms with van der Waals surface area (Å²) in [5.41, 5.74) is 1.20. The minimum Gasteiger partial charge on any atom is -0.351 e. The monoisotopic (exact) mass is 338 g/mol. The first-order valence-electron chi connectivity index (χ1n) is 9.49. The highest BCUT2D eigenvalue weighted by atomic mass is 16.2. The van der Waals surface area contributed by atoms with Gasteiger partial charge < -0.3 is 10.2 Å². The molecule has 2 aliphatic carbocycles. The van der Waals surface area contributed by atoms with Crippen molar-refractivity contribution in [1.29, 1.82) is 0 Å². The van der Waals surface area contributed by atoms with Gasteiger partial charge in [-0.3, -0.25) is 9.59 Å². The average Bonchev–Trinajstić information content (AvgIpc) is 3.37. The first-order chi connectivity index (χ1) is 12.2. The van der Waals surface area contributed by atoms with Gasteiger partial charge in [0.15, 0.2) is 0 Å². The van der Waals surface area contributed by atoms with Crippen molar-refractivity contribution < 1.29 is 9.59 Å². The van der Waals surface area contributed by atoms with Crippen molar-refractivity contribution in [2.45, 2.75) is 38.1 Å². The number of hydrogen-bond acceptors (Lipinski definition) is 2. The van der Waals surface area contributed by atoms with E-state index in [1.165, 1.54) is 5.56 Å². The number of rotatable bonds is 5. The van der Waals surface area contributed by atoms with E-state index in [0.29, 0.717) is 24.8 Å². The number of amides is 2. The number of benzene rings is 1. The van der Waals surface area contributed by atoms with Crippen LogP contribution in [0.4, 0.5) is 0 Å². The molecule has 4 rings (SSSR count). The molecule has 1 heterocycles. The number of nitrogens with one attached hydrogen (secondary N) is 1. The van der Waals surface area contributed by atoms with E-state index in [4.69, 9.17) is 0 Å². The molecule has 2 fully saturated rings. The Kier molecular flexibility index (Phi) is 4.60. The van der Waals surface area contributed by atoms with E-state index in [0.717, 1.165) is 32.2 Å². The largest absolute Gasteiger partial charge is 0.351 e. The number of likely N-dealkylation sites (tertiary alicyclic amines) is 1. The summed E-state index contributed by atoms with van der Waals surface area (Å²) in [4.78, 5) is 26.9. The average molecular weight is 338 g/mol. The van der Waals surface area contributed by atoms with Crippen LogP contribution in [0, 0.1) is 17.8 Å². The first-order valence-corrected chi connectivity index (χ1v) is 9.49. The van der Waals surface area contributed by atoms with Crippen LogP contribution in [0.5, 0.6) is 0 Å². The molecule has 0 radical (unpaired) electrons. The van der Waals surface area contributed by atoms with Crippen LogP contribution in [-0.2, 0) is 16.0 Å². The summed E-state index contributed by atoms with van der Waals surface area (Å²) in [6.45, 7) is 1.42. The normalized spacial score (nSPS) is 30.0. The molecule has 0 aromatic heterocycles. The van der Waals surface area contributed by atoms with Crippen molar-refractivity contribution in [2.75, 3.05) is 13.1 Å². The third-order valence-corrected chi connectivity index (χ3v) is 5.97. The summed E-state index contributed by atoms with van der Waals surface area (Å²) in [5, 5.41) is 3.20. The molecular formula is C21H26N2O2. The lowest BCUT2D eigenvalue weighted by Crippen LogP contribution is -2.42. The second-order valence-corrected chi connectivity index (χ2v) is 7.71. The van der Waals surface area contributed by atoms with Gasteiger partial charge in [-0.1, -0.05) is 42.5 Å². The number of fused-ring (bicyclic) bond motifs is 2. The molecule has 1 aromatic carbocycles. The van der Waals surface area contributed by atoms with Gasteiger partial charge in [-0.2, -0.15) is 0 Å². The molecule has 1 N–H and O–H groups in total. The van der Waals surface area contributed by atoms with Crippen molar-refractivity contribution in [3.05, 3.63) is 48.0 Å². The molecule has 1 aliphatic heterocycles. The lowest BCUT2D eigenvalue weighted by atomic mass is 9.92. The second kappa shape index (κ2) is 7.03. The molecule has 2 amide bonds. The van der Waals surface area contributed by atoms with E-state index >= 15 is 0 Å². The Balaban J connectivity index is 1.23. The zero-order chi connectivity index (χ0) is 17.2. The van der Waals surface area contributed by atoms with Crippen molar-refractivity contribution in [3.8, 4) is 0 Å². The van der Waals surface area contributed by atoms with Crippen LogP contribution in [0.3, 0.4) is 0 Å². The molecule has 132 valence electrons. The lowest BCUT2D eigenvalue weighted by molar-refractivity contribution is -0.131. The second-order valence-electron chi connectivity index (χ2n) is 7.71. The first kappa shape index (κ1) is 16.4. The van der Waals surface area contributed by atoms with Crippen LogP contribution in [0.25, 0.3) is 0 Å². The van der Waals surface area contributed by atoms with Gasteiger partial charge in [-0.25, -0.2) is 0 Å². The number of aryl methyl sites for hydroxylation is 1. The molecule has 4 heteroatoms. The van der Waals surface area contributed by atoms with Gasteiger partial charge in [0.2, 0.25) is 11.8 Å². The summed E-state index contributed by atoms with van der Waals surface area (Å²) in [6.07, 6.45) is 8.82. The third kappa shape index (κ3) is 3.63. The lowest BCUT2D eigenvalue weighted by Gasteiger charge is -2.21. The van der Waals surface area contributed by atoms with E-state index in [1.807, 2.05) is 23.1 Å². The Morgan fingerprint density at radius 2 is 1.96 bits per heavy atom. The standard InChI is InChI=1S/C21H26N2O2/c24-20(9-7-15-4-2-1-3-5-15)23-11-10-18(14-23)22-21(25)19-13-16-6-8-17(19)12-16/h1-6,8,16-19H,7,9-14H2,(H,22,25)/t16-,17-,18-,19-/m0/s1. The van der Waals surface area contributed by atoms with Gasteiger partial charge in [0.05, 0.1) is 0 Å². The van der Waals surface area contributed by atoms with Gasteiger partial charge in [-0.15, -0.1) is 0 Å². The zero-order valence-electron chi connectivity index (χ0n) is 14.6. The molecule has 1 aromatic rings. The predicted octanol–water partition coefficient (Wildman–Crippen LogP) is 2.55. The molecule has 3 aliphatic rings. The SMILES string of the molecule is O=C(N[C@H]1CCN(C(=O)CCc2ccccc2)C1)[C@H]1C[C@H]2C=C[C@H]1C2. The Labute approximate surface area is 149 Å². The minimum atomic E-state index is 0.122. The molecular weight excluding hydrogens is 312 g/mol. The van der Waals surface area contributed by atoms with Gasteiger partial charge in [0, 0.05) is 31.5 Å². The fraction of sp³-hybridized carbons (Fsp3) is 0.524. The highest BCUT2D eigenvalue weighted by molar-refractivity contribution is 5.81. The van der Waals surface area contributed by atoms with Crippen LogP contribution >= 0.6 is 0 Å². The summed E-state index contributed by atoms with van der Waals surface area (Å²) in [5.74, 6) is 1.59. The molecule has 1 saturated carbocycles. The Bertz CT molecular complexity index is 670. The van der Waals surface area contributed by atoms with Gasteiger partial charge in [0.25, 0.3) is 0 Å². The predicted molar refractivity (Wildman–Crippen MR) is 96.7 cm³/mol. The number of carbonyl (C=O) groups excluding carboxylic acids is 2. The van der Waals surface area contributed by atoms with Crippen LogP contribution in [0.2, 0.25) is 0 Å². The maximum atomic E-state index is 12.5. The molecule has 1 saturated heterocycles. The zero-order valence-corrected chi connectivity index (χ0v) is 14.6. The summed E-state index contributed by atoms with van der Waals surface area (Å²) in [6, 6.07) is 10.2. The van der Waals surface area contributed by atoms with Crippen LogP contribution in [0.1, 0.15) is 31.2 Å². The third-order valence-electron chi connectivity index (χ3n) is 5.97. The van der Waals surface area contributed by atoms with Crippen LogP contribution in [-0.4, -0.2) is 35.8 Å². The molecule has 4 atom stereocenters. The van der Waals surface area contributed by atoms with Gasteiger partial charge in [0.1, 0.15) is 0 Å². The summed E-state index contributed by atoms with van der Waals surface area (Å²) >= 11 is 0. The van der Waals surface area contributed by atoms with Gasteiger partial charge >= 0.3 is 0 Å². The topological polar surface area (TPSA) is 49.4 Å². The number of allylic oxidation sites excluding steroid dienone is 2. The Morgan fingerprint density at radius 3 is 2.68 bits per heavy atom. The van der Waals surface area contributed by atoms with Crippen LogP contribution < -0.4 is 5.32 Å². The molecule has 4 nitrogen and oxygen atoms in total. The van der Waals surface area contributed by atoms with E-state index in [1.54, 1.807) is 0 Å². The van der Waals surface area contributed by atoms with Crippen molar-refractivity contribution in [1.82, 2.24) is 10.2 Å². The molecule has 0 unspecified atom stereocenters. The summed E-state index contributed by atoms with van der Waals surface area (Å²) < 4.78 is 0. The number of nitrogens with zero attached hydrogens (tertiary/aromatic N) is 1.